The van der Waals surface area contributed by atoms with E-state index >= 15 is 0 Å². The van der Waals surface area contributed by atoms with Gasteiger partial charge in [-0.05, 0) is 49.1 Å². The summed E-state index contributed by atoms with van der Waals surface area (Å²) in [5, 5.41) is 0. The summed E-state index contributed by atoms with van der Waals surface area (Å²) in [6.07, 6.45) is 7.55. The van der Waals surface area contributed by atoms with Crippen LogP contribution in [0.25, 0.3) is 0 Å². The minimum absolute atomic E-state index is 0.0438. The molecule has 2 rings (SSSR count). The second kappa shape index (κ2) is 5.40. The van der Waals surface area contributed by atoms with Crippen molar-refractivity contribution in [1.29, 1.82) is 0 Å². The van der Waals surface area contributed by atoms with E-state index in [2.05, 4.69) is 37.9 Å². The van der Waals surface area contributed by atoms with Crippen molar-refractivity contribution < 1.29 is 0 Å². The van der Waals surface area contributed by atoms with Crippen molar-refractivity contribution in [2.24, 2.45) is 17.6 Å². The Morgan fingerprint density at radius 2 is 1.94 bits per heavy atom. The van der Waals surface area contributed by atoms with E-state index in [9.17, 15) is 0 Å². The molecule has 0 aliphatic heterocycles. The van der Waals surface area contributed by atoms with Gasteiger partial charge in [-0.15, -0.1) is 0 Å². The van der Waals surface area contributed by atoms with E-state index in [0.717, 1.165) is 43.2 Å². The third-order valence-electron chi connectivity index (χ3n) is 4.14. The van der Waals surface area contributed by atoms with E-state index in [0.29, 0.717) is 0 Å². The number of hydrogen-bond donors (Lipinski definition) is 1. The van der Waals surface area contributed by atoms with Crippen LogP contribution in [0.5, 0.6) is 0 Å². The molecule has 1 saturated carbocycles. The van der Waals surface area contributed by atoms with Crippen LogP contribution in [0.15, 0.2) is 18.3 Å². The van der Waals surface area contributed by atoms with Crippen LogP contribution < -0.4 is 5.73 Å². The topological polar surface area (TPSA) is 38.9 Å². The van der Waals surface area contributed by atoms with Crippen LogP contribution in [0, 0.1) is 11.8 Å². The summed E-state index contributed by atoms with van der Waals surface area (Å²) in [5.41, 5.74) is 9.01. The van der Waals surface area contributed by atoms with E-state index in [1.807, 2.05) is 6.20 Å². The zero-order chi connectivity index (χ0) is 13.2. The molecule has 2 N–H and O–H groups in total. The van der Waals surface area contributed by atoms with Gasteiger partial charge < -0.3 is 5.73 Å². The number of aryl methyl sites for hydroxylation is 1. The molecule has 1 heterocycles. The van der Waals surface area contributed by atoms with Crippen molar-refractivity contribution in [2.75, 3.05) is 0 Å². The van der Waals surface area contributed by atoms with Crippen molar-refractivity contribution in [3.63, 3.8) is 0 Å². The molecular weight excluding hydrogens is 220 g/mol. The van der Waals surface area contributed by atoms with E-state index < -0.39 is 0 Å². The molecule has 0 spiro atoms. The number of hydrogen-bond acceptors (Lipinski definition) is 2. The first-order chi connectivity index (χ1) is 8.50. The highest BCUT2D eigenvalue weighted by Gasteiger charge is 2.34. The number of aromatic nitrogens is 1. The van der Waals surface area contributed by atoms with Crippen LogP contribution in [0.4, 0.5) is 0 Å². The Hall–Kier alpha value is -0.890. The normalized spacial score (nSPS) is 32.4. The highest BCUT2D eigenvalue weighted by Crippen LogP contribution is 2.36. The highest BCUT2D eigenvalue weighted by atomic mass is 14.8. The summed E-state index contributed by atoms with van der Waals surface area (Å²) in [7, 11) is 0. The molecule has 1 aromatic heterocycles. The lowest BCUT2D eigenvalue weighted by Gasteiger charge is -2.40. The minimum atomic E-state index is -0.0438. The van der Waals surface area contributed by atoms with Crippen LogP contribution in [-0.2, 0) is 12.8 Å². The Morgan fingerprint density at radius 3 is 2.44 bits per heavy atom. The summed E-state index contributed by atoms with van der Waals surface area (Å²) in [4.78, 5) is 4.56. The van der Waals surface area contributed by atoms with Gasteiger partial charge in [0.25, 0.3) is 0 Å². The SMILES string of the molecule is CCc1ccc(CC2(N)CC(C)CC(C)C2)nc1. The maximum Gasteiger partial charge on any atom is 0.0422 e. The highest BCUT2D eigenvalue weighted by molar-refractivity contribution is 5.16. The molecule has 2 heteroatoms. The summed E-state index contributed by atoms with van der Waals surface area (Å²) < 4.78 is 0. The molecule has 1 fully saturated rings. The molecule has 0 saturated heterocycles. The average Bonchev–Trinajstić information content (AvgIpc) is 2.27. The van der Waals surface area contributed by atoms with Crippen LogP contribution in [0.2, 0.25) is 0 Å². The standard InChI is InChI=1S/C16H26N2/c1-4-14-5-6-15(18-11-14)10-16(17)8-12(2)7-13(3)9-16/h5-6,11-13H,4,7-10,17H2,1-3H3. The second-order valence-electron chi connectivity index (χ2n) is 6.40. The lowest BCUT2D eigenvalue weighted by molar-refractivity contribution is 0.181. The Balaban J connectivity index is 2.06. The van der Waals surface area contributed by atoms with Gasteiger partial charge in [0.15, 0.2) is 0 Å². The van der Waals surface area contributed by atoms with Gasteiger partial charge in [-0.1, -0.05) is 26.8 Å². The van der Waals surface area contributed by atoms with Crippen LogP contribution in [-0.4, -0.2) is 10.5 Å². The fraction of sp³-hybridized carbons (Fsp3) is 0.688. The lowest BCUT2D eigenvalue weighted by atomic mass is 9.70. The number of nitrogens with zero attached hydrogens (tertiary/aromatic N) is 1. The van der Waals surface area contributed by atoms with Crippen LogP contribution >= 0.6 is 0 Å². The van der Waals surface area contributed by atoms with Crippen molar-refractivity contribution >= 4 is 0 Å². The van der Waals surface area contributed by atoms with E-state index in [-0.39, 0.29) is 5.54 Å². The third kappa shape index (κ3) is 3.32. The van der Waals surface area contributed by atoms with E-state index in [4.69, 9.17) is 5.73 Å². The minimum Gasteiger partial charge on any atom is -0.325 e. The summed E-state index contributed by atoms with van der Waals surface area (Å²) >= 11 is 0. The molecule has 1 aromatic rings. The summed E-state index contributed by atoms with van der Waals surface area (Å²) in [5.74, 6) is 1.49. The molecule has 100 valence electrons. The Labute approximate surface area is 111 Å². The molecule has 2 unspecified atom stereocenters. The molecule has 1 aliphatic rings. The first-order valence-electron chi connectivity index (χ1n) is 7.23. The molecule has 2 atom stereocenters. The van der Waals surface area contributed by atoms with Gasteiger partial charge in [0.1, 0.15) is 0 Å². The summed E-state index contributed by atoms with van der Waals surface area (Å²) in [6.45, 7) is 6.81. The van der Waals surface area contributed by atoms with Gasteiger partial charge >= 0.3 is 0 Å². The lowest BCUT2D eigenvalue weighted by Crippen LogP contribution is -2.48. The molecule has 18 heavy (non-hydrogen) atoms. The fourth-order valence-corrected chi connectivity index (χ4v) is 3.60. The fourth-order valence-electron chi connectivity index (χ4n) is 3.60. The second-order valence-corrected chi connectivity index (χ2v) is 6.40. The molecule has 0 radical (unpaired) electrons. The van der Waals surface area contributed by atoms with Gasteiger partial charge in [0.2, 0.25) is 0 Å². The van der Waals surface area contributed by atoms with Gasteiger partial charge in [-0.25, -0.2) is 0 Å². The first-order valence-corrected chi connectivity index (χ1v) is 7.23. The number of rotatable bonds is 3. The average molecular weight is 246 g/mol. The van der Waals surface area contributed by atoms with Crippen molar-refractivity contribution in [3.05, 3.63) is 29.6 Å². The molecule has 2 nitrogen and oxygen atoms in total. The van der Waals surface area contributed by atoms with Crippen molar-refractivity contribution in [3.8, 4) is 0 Å². The van der Waals surface area contributed by atoms with Crippen molar-refractivity contribution in [1.82, 2.24) is 4.98 Å². The Kier molecular flexibility index (Phi) is 4.06. The molecule has 0 bridgehead atoms. The predicted octanol–water partition coefficient (Wildman–Crippen LogP) is 3.34. The maximum atomic E-state index is 6.60. The Bertz CT molecular complexity index is 373. The molecular formula is C16H26N2. The van der Waals surface area contributed by atoms with Crippen LogP contribution in [0.1, 0.15) is 51.3 Å². The van der Waals surface area contributed by atoms with Gasteiger partial charge in [0, 0.05) is 23.9 Å². The monoisotopic (exact) mass is 246 g/mol. The van der Waals surface area contributed by atoms with Gasteiger partial charge in [0.05, 0.1) is 0 Å². The molecule has 0 aromatic carbocycles. The van der Waals surface area contributed by atoms with Crippen LogP contribution in [0.3, 0.4) is 0 Å². The zero-order valence-corrected chi connectivity index (χ0v) is 11.9. The quantitative estimate of drug-likeness (QED) is 0.888. The maximum absolute atomic E-state index is 6.60. The van der Waals surface area contributed by atoms with Gasteiger partial charge in [-0.3, -0.25) is 4.98 Å². The Morgan fingerprint density at radius 1 is 1.28 bits per heavy atom. The van der Waals surface area contributed by atoms with Gasteiger partial charge in [-0.2, -0.15) is 0 Å². The largest absolute Gasteiger partial charge is 0.325 e. The summed E-state index contributed by atoms with van der Waals surface area (Å²) in [6, 6.07) is 4.33. The molecule has 1 aliphatic carbocycles. The van der Waals surface area contributed by atoms with E-state index in [1.165, 1.54) is 12.0 Å². The third-order valence-corrected chi connectivity index (χ3v) is 4.14. The van der Waals surface area contributed by atoms with Crippen molar-refractivity contribution in [2.45, 2.75) is 58.4 Å². The first kappa shape index (κ1) is 13.5. The number of nitrogens with two attached hydrogens (primary N) is 1. The van der Waals surface area contributed by atoms with E-state index in [1.54, 1.807) is 0 Å². The predicted molar refractivity (Wildman–Crippen MR) is 76.4 cm³/mol. The zero-order valence-electron chi connectivity index (χ0n) is 11.9. The smallest absolute Gasteiger partial charge is 0.0422 e. The molecule has 0 amide bonds. The number of pyridine rings is 1.